The van der Waals surface area contributed by atoms with E-state index in [9.17, 15) is 9.59 Å². The van der Waals surface area contributed by atoms with Gasteiger partial charge in [0.05, 0.1) is 24.5 Å². The minimum absolute atomic E-state index is 0.00448. The maximum atomic E-state index is 12.3. The number of carbonyl (C=O) groups is 2. The third kappa shape index (κ3) is 7.79. The van der Waals surface area contributed by atoms with Gasteiger partial charge in [0.25, 0.3) is 0 Å². The molecule has 1 amide bonds. The molecule has 0 bridgehead atoms. The number of carbonyl (C=O) groups excluding carboxylic acids is 1. The van der Waals surface area contributed by atoms with Crippen LogP contribution in [0, 0.1) is 0 Å². The predicted octanol–water partition coefficient (Wildman–Crippen LogP) is 1.60. The van der Waals surface area contributed by atoms with Gasteiger partial charge in [-0.3, -0.25) is 0 Å². The summed E-state index contributed by atoms with van der Waals surface area (Å²) in [6.07, 6.45) is 4.90. The van der Waals surface area contributed by atoms with Crippen LogP contribution < -0.4 is 29.5 Å². The summed E-state index contributed by atoms with van der Waals surface area (Å²) >= 11 is 11.6. The van der Waals surface area contributed by atoms with Crippen molar-refractivity contribution < 1.29 is 48.7 Å². The van der Waals surface area contributed by atoms with Crippen molar-refractivity contribution in [2.75, 3.05) is 50.0 Å². The minimum atomic E-state index is -1.11. The number of hydrogen-bond donors (Lipinski definition) is 1. The number of carboxylic acid groups (broad SMARTS) is 1. The van der Waals surface area contributed by atoms with Crippen LogP contribution in [0.15, 0.2) is 61.2 Å². The van der Waals surface area contributed by atoms with Crippen molar-refractivity contribution in [1.29, 1.82) is 0 Å². The number of halogens is 3. The molecule has 2 fully saturated rings. The molecule has 41 heavy (non-hydrogen) atoms. The quantitative estimate of drug-likeness (QED) is 0.233. The van der Waals surface area contributed by atoms with Gasteiger partial charge in [0.15, 0.2) is 0 Å². The number of ether oxygens (including phenoxy) is 3. The summed E-state index contributed by atoms with van der Waals surface area (Å²) in [5.74, 6) is -0.162. The molecule has 2 saturated heterocycles. The van der Waals surface area contributed by atoms with Gasteiger partial charge in [-0.15, -0.1) is 0 Å². The van der Waals surface area contributed by atoms with E-state index in [-0.39, 0.29) is 17.8 Å². The molecule has 0 radical (unpaired) electrons. The van der Waals surface area contributed by atoms with Crippen LogP contribution in [-0.2, 0) is 26.6 Å². The molecule has 1 aromatic heterocycles. The van der Waals surface area contributed by atoms with E-state index in [0.29, 0.717) is 67.3 Å². The second-order valence-electron chi connectivity index (χ2n) is 9.42. The molecule has 2 aliphatic rings. The molecular formula is C27H28Cl2IN4O6S-. The molecule has 3 aromatic rings. The predicted molar refractivity (Wildman–Crippen MR) is 152 cm³/mol. The zero-order chi connectivity index (χ0) is 28.8. The second kappa shape index (κ2) is 13.8. The fraction of sp³-hybridized carbons (Fsp3) is 0.370. The van der Waals surface area contributed by atoms with Crippen LogP contribution >= 0.6 is 32.1 Å². The molecule has 0 saturated carbocycles. The van der Waals surface area contributed by atoms with Crippen LogP contribution in [0.3, 0.4) is 0 Å². The molecule has 2 unspecified atom stereocenters. The number of anilines is 1. The van der Waals surface area contributed by atoms with E-state index in [2.05, 4.69) is 9.88 Å². The number of nitrogens with zero attached hydrogens (tertiary/aromatic N) is 4. The van der Waals surface area contributed by atoms with Crippen molar-refractivity contribution in [3.63, 3.8) is 0 Å². The summed E-state index contributed by atoms with van der Waals surface area (Å²) in [6, 6.07) is 13.1. The molecular weight excluding hydrogens is 706 g/mol. The molecule has 5 rings (SSSR count). The number of amides is 1. The van der Waals surface area contributed by atoms with Crippen molar-refractivity contribution in [2.45, 2.75) is 18.4 Å². The molecule has 220 valence electrons. The van der Waals surface area contributed by atoms with Crippen LogP contribution in [0.5, 0.6) is 5.75 Å². The Balaban J connectivity index is 1.14. The Labute approximate surface area is 260 Å². The Morgan fingerprint density at radius 2 is 1.93 bits per heavy atom. The zero-order valence-electron chi connectivity index (χ0n) is 21.8. The fourth-order valence-corrected chi connectivity index (χ4v) is 7.79. The molecule has 10 nitrogen and oxygen atoms in total. The summed E-state index contributed by atoms with van der Waals surface area (Å²) in [5, 5.41) is 9.78. The van der Waals surface area contributed by atoms with Crippen molar-refractivity contribution in [3.05, 3.63) is 76.8 Å². The van der Waals surface area contributed by atoms with Crippen LogP contribution in [0.2, 0.25) is 10.0 Å². The Kier molecular flexibility index (Phi) is 10.2. The average molecular weight is 734 g/mol. The summed E-state index contributed by atoms with van der Waals surface area (Å²) in [4.78, 5) is 31.2. The van der Waals surface area contributed by atoms with Crippen LogP contribution in [-0.4, -0.2) is 80.7 Å². The maximum absolute atomic E-state index is 12.3. The van der Waals surface area contributed by atoms with E-state index in [4.69, 9.17) is 42.5 Å². The second-order valence-corrected chi connectivity index (χ2v) is 15.0. The van der Waals surface area contributed by atoms with E-state index in [0.717, 1.165) is 5.69 Å². The fourth-order valence-electron chi connectivity index (χ4n) is 4.74. The van der Waals surface area contributed by atoms with Gasteiger partial charge < -0.3 is 14.0 Å². The number of piperazine rings is 1. The molecule has 14 heteroatoms. The van der Waals surface area contributed by atoms with E-state index in [1.54, 1.807) is 29.6 Å². The first-order chi connectivity index (χ1) is 19.8. The number of rotatable bonds is 11. The molecule has 2 aromatic carbocycles. The van der Waals surface area contributed by atoms with Gasteiger partial charge >= 0.3 is 136 Å². The third-order valence-corrected chi connectivity index (χ3v) is 10.9. The van der Waals surface area contributed by atoms with Crippen LogP contribution in [0.1, 0.15) is 5.56 Å². The number of imidazole rings is 1. The molecule has 1 N–H and O–H groups in total. The Morgan fingerprint density at radius 3 is 2.61 bits per heavy atom. The SMILES string of the molecule is O=C(O)[I-]SCC(=O)N1CCN(c2ccc(OCC3COC(Cn4ccnc4)(c4ccc(Cl)cc4Cl)O3)cc2)CC1. The first kappa shape index (κ1) is 30.2. The molecule has 2 aliphatic heterocycles. The summed E-state index contributed by atoms with van der Waals surface area (Å²) in [7, 11) is 1.24. The first-order valence-electron chi connectivity index (χ1n) is 12.8. The van der Waals surface area contributed by atoms with E-state index in [1.807, 2.05) is 41.1 Å². The Morgan fingerprint density at radius 1 is 1.15 bits per heavy atom. The van der Waals surface area contributed by atoms with Crippen LogP contribution in [0.25, 0.3) is 0 Å². The van der Waals surface area contributed by atoms with Crippen molar-refractivity contribution in [3.8, 4) is 5.75 Å². The van der Waals surface area contributed by atoms with Gasteiger partial charge in [0.2, 0.25) is 5.79 Å². The Bertz CT molecular complexity index is 1340. The van der Waals surface area contributed by atoms with Gasteiger partial charge in [0, 0.05) is 23.0 Å². The summed E-state index contributed by atoms with van der Waals surface area (Å²) < 4.78 is 19.8. The van der Waals surface area contributed by atoms with E-state index >= 15 is 0 Å². The third-order valence-electron chi connectivity index (χ3n) is 6.72. The number of benzene rings is 2. The van der Waals surface area contributed by atoms with Crippen molar-refractivity contribution in [2.24, 2.45) is 0 Å². The number of aromatic nitrogens is 2. The zero-order valence-corrected chi connectivity index (χ0v) is 26.3. The topological polar surface area (TPSA) is 106 Å². The van der Waals surface area contributed by atoms with Gasteiger partial charge in [0.1, 0.15) is 12.7 Å². The molecule has 3 heterocycles. The normalized spacial score (nSPS) is 20.9. The molecule has 0 spiro atoms. The van der Waals surface area contributed by atoms with Gasteiger partial charge in [-0.05, 0) is 12.1 Å². The average Bonchev–Trinajstić information content (AvgIpc) is 3.62. The van der Waals surface area contributed by atoms with Gasteiger partial charge in [-0.1, -0.05) is 29.3 Å². The van der Waals surface area contributed by atoms with E-state index in [1.165, 1.54) is 8.93 Å². The van der Waals surface area contributed by atoms with Crippen LogP contribution in [0.4, 0.5) is 10.5 Å². The number of hydrogen-bond acceptors (Lipinski definition) is 8. The van der Waals surface area contributed by atoms with Gasteiger partial charge in [-0.25, -0.2) is 4.98 Å². The monoisotopic (exact) mass is 733 g/mol. The Hall–Kier alpha value is -2.23. The molecule has 0 aliphatic carbocycles. The standard InChI is InChI=1S/C27H28Cl2IN4O6S/c28-19-1-6-23(24(29)13-19)27(17-32-8-7-31-18-32)39-15-22(40-27)14-38-21-4-2-20(3-5-21)33-9-11-34(12-10-33)25(35)16-41-30-26(36)37/h1-8,13,18,22H,9-12,14-17H2,(H,36,37)/q-1. The van der Waals surface area contributed by atoms with Crippen molar-refractivity contribution >= 4 is 47.7 Å². The van der Waals surface area contributed by atoms with Crippen molar-refractivity contribution in [1.82, 2.24) is 14.5 Å². The van der Waals surface area contributed by atoms with Gasteiger partial charge in [-0.2, -0.15) is 0 Å². The molecule has 2 atom stereocenters. The summed E-state index contributed by atoms with van der Waals surface area (Å²) in [6.45, 7) is 3.63. The van der Waals surface area contributed by atoms with E-state index < -0.39 is 29.6 Å². The first-order valence-corrected chi connectivity index (χ1v) is 18.2. The summed E-state index contributed by atoms with van der Waals surface area (Å²) in [5.41, 5.74) is 1.74.